The van der Waals surface area contributed by atoms with Crippen LogP contribution < -0.4 is 14.8 Å². The average Bonchev–Trinajstić information content (AvgIpc) is 2.38. The van der Waals surface area contributed by atoms with Crippen molar-refractivity contribution in [2.24, 2.45) is 5.92 Å². The lowest BCUT2D eigenvalue weighted by atomic mass is 10.1. The molecule has 3 nitrogen and oxygen atoms in total. The summed E-state index contributed by atoms with van der Waals surface area (Å²) in [5.41, 5.74) is 1.19. The summed E-state index contributed by atoms with van der Waals surface area (Å²) in [4.78, 5) is 0. The minimum atomic E-state index is 0.655. The highest BCUT2D eigenvalue weighted by atomic mass is 16.5. The molecule has 0 aliphatic carbocycles. The van der Waals surface area contributed by atoms with E-state index in [9.17, 15) is 0 Å². The van der Waals surface area contributed by atoms with Crippen molar-refractivity contribution in [3.05, 3.63) is 23.8 Å². The first kappa shape index (κ1) is 15.8. The van der Waals surface area contributed by atoms with E-state index >= 15 is 0 Å². The Morgan fingerprint density at radius 1 is 1.16 bits per heavy atom. The second kappa shape index (κ2) is 8.81. The average molecular weight is 265 g/mol. The molecule has 0 saturated carbocycles. The van der Waals surface area contributed by atoms with Gasteiger partial charge >= 0.3 is 0 Å². The van der Waals surface area contributed by atoms with Gasteiger partial charge in [-0.25, -0.2) is 0 Å². The topological polar surface area (TPSA) is 30.5 Å². The molecule has 1 N–H and O–H groups in total. The van der Waals surface area contributed by atoms with Crippen LogP contribution in [0.15, 0.2) is 18.2 Å². The molecular weight excluding hydrogens is 238 g/mol. The van der Waals surface area contributed by atoms with Crippen LogP contribution in [-0.2, 0) is 6.54 Å². The zero-order valence-electron chi connectivity index (χ0n) is 12.7. The smallest absolute Gasteiger partial charge is 0.127 e. The highest BCUT2D eigenvalue weighted by Crippen LogP contribution is 2.25. The maximum Gasteiger partial charge on any atom is 0.127 e. The number of benzene rings is 1. The van der Waals surface area contributed by atoms with Gasteiger partial charge in [0, 0.05) is 18.2 Å². The Hall–Kier alpha value is -1.22. The highest BCUT2D eigenvalue weighted by molar-refractivity contribution is 5.40. The molecule has 0 atom stereocenters. The molecule has 0 spiro atoms. The Labute approximate surface area is 117 Å². The van der Waals surface area contributed by atoms with Gasteiger partial charge in [0.25, 0.3) is 0 Å². The molecule has 108 valence electrons. The van der Waals surface area contributed by atoms with Crippen LogP contribution in [0.3, 0.4) is 0 Å². The van der Waals surface area contributed by atoms with Gasteiger partial charge in [0.15, 0.2) is 0 Å². The molecule has 0 radical (unpaired) electrons. The largest absolute Gasteiger partial charge is 0.493 e. The summed E-state index contributed by atoms with van der Waals surface area (Å²) < 4.78 is 11.3. The van der Waals surface area contributed by atoms with E-state index in [2.05, 4.69) is 32.2 Å². The van der Waals surface area contributed by atoms with Gasteiger partial charge in [0.1, 0.15) is 11.5 Å². The molecule has 0 saturated heterocycles. The zero-order chi connectivity index (χ0) is 14.1. The van der Waals surface area contributed by atoms with Gasteiger partial charge in [-0.1, -0.05) is 26.8 Å². The van der Waals surface area contributed by atoms with E-state index in [1.165, 1.54) is 5.56 Å². The summed E-state index contributed by atoms with van der Waals surface area (Å²) in [5, 5.41) is 3.44. The molecule has 1 aromatic carbocycles. The SMILES string of the molecule is CCCOc1ccc(CNCC(C)C)c(OCC)c1. The van der Waals surface area contributed by atoms with Crippen molar-refractivity contribution in [2.45, 2.75) is 40.7 Å². The number of hydrogen-bond donors (Lipinski definition) is 1. The van der Waals surface area contributed by atoms with Crippen molar-refractivity contribution in [3.63, 3.8) is 0 Å². The molecule has 0 fully saturated rings. The van der Waals surface area contributed by atoms with Gasteiger partial charge in [0.2, 0.25) is 0 Å². The third-order valence-electron chi connectivity index (χ3n) is 2.68. The lowest BCUT2D eigenvalue weighted by molar-refractivity contribution is 0.307. The first-order valence-electron chi connectivity index (χ1n) is 7.26. The second-order valence-electron chi connectivity index (χ2n) is 5.08. The highest BCUT2D eigenvalue weighted by Gasteiger charge is 2.06. The number of nitrogens with one attached hydrogen (secondary N) is 1. The van der Waals surface area contributed by atoms with E-state index in [1.807, 2.05) is 19.1 Å². The normalized spacial score (nSPS) is 10.8. The summed E-state index contributed by atoms with van der Waals surface area (Å²) in [6.45, 7) is 11.8. The van der Waals surface area contributed by atoms with Crippen molar-refractivity contribution < 1.29 is 9.47 Å². The molecule has 1 rings (SSSR count). The second-order valence-corrected chi connectivity index (χ2v) is 5.08. The quantitative estimate of drug-likeness (QED) is 0.739. The molecule has 0 amide bonds. The summed E-state index contributed by atoms with van der Waals surface area (Å²) in [5.74, 6) is 2.47. The van der Waals surface area contributed by atoms with E-state index in [0.29, 0.717) is 12.5 Å². The van der Waals surface area contributed by atoms with E-state index in [-0.39, 0.29) is 0 Å². The fraction of sp³-hybridized carbons (Fsp3) is 0.625. The van der Waals surface area contributed by atoms with E-state index < -0.39 is 0 Å². The fourth-order valence-electron chi connectivity index (χ4n) is 1.78. The van der Waals surface area contributed by atoms with Crippen molar-refractivity contribution in [1.29, 1.82) is 0 Å². The van der Waals surface area contributed by atoms with Gasteiger partial charge in [-0.05, 0) is 31.9 Å². The van der Waals surface area contributed by atoms with Crippen LogP contribution >= 0.6 is 0 Å². The fourth-order valence-corrected chi connectivity index (χ4v) is 1.78. The molecule has 0 aliphatic heterocycles. The van der Waals surface area contributed by atoms with Crippen molar-refractivity contribution in [2.75, 3.05) is 19.8 Å². The minimum Gasteiger partial charge on any atom is -0.493 e. The Bertz CT molecular complexity index is 364. The van der Waals surface area contributed by atoms with Gasteiger partial charge in [-0.3, -0.25) is 0 Å². The molecule has 0 heterocycles. The number of ether oxygens (including phenoxy) is 2. The Morgan fingerprint density at radius 3 is 2.58 bits per heavy atom. The van der Waals surface area contributed by atoms with E-state index in [1.54, 1.807) is 0 Å². The first-order valence-corrected chi connectivity index (χ1v) is 7.26. The van der Waals surface area contributed by atoms with Crippen LogP contribution in [0.2, 0.25) is 0 Å². The maximum absolute atomic E-state index is 5.70. The molecule has 19 heavy (non-hydrogen) atoms. The molecule has 3 heteroatoms. The Balaban J connectivity index is 2.67. The Morgan fingerprint density at radius 2 is 1.95 bits per heavy atom. The molecule has 1 aromatic rings. The zero-order valence-corrected chi connectivity index (χ0v) is 12.7. The molecule has 0 aliphatic rings. The van der Waals surface area contributed by atoms with Crippen LogP contribution in [0.4, 0.5) is 0 Å². The van der Waals surface area contributed by atoms with Crippen molar-refractivity contribution in [1.82, 2.24) is 5.32 Å². The molecular formula is C16H27NO2. The third-order valence-corrected chi connectivity index (χ3v) is 2.68. The lowest BCUT2D eigenvalue weighted by Crippen LogP contribution is -2.19. The first-order chi connectivity index (χ1) is 9.17. The van der Waals surface area contributed by atoms with Crippen molar-refractivity contribution >= 4 is 0 Å². The molecule has 0 aromatic heterocycles. The van der Waals surface area contributed by atoms with Crippen LogP contribution in [0.1, 0.15) is 39.7 Å². The lowest BCUT2D eigenvalue weighted by Gasteiger charge is -2.14. The summed E-state index contributed by atoms with van der Waals surface area (Å²) in [6.07, 6.45) is 1.02. The van der Waals surface area contributed by atoms with Gasteiger partial charge in [-0.15, -0.1) is 0 Å². The van der Waals surface area contributed by atoms with Crippen LogP contribution in [-0.4, -0.2) is 19.8 Å². The van der Waals surface area contributed by atoms with Crippen LogP contribution in [0, 0.1) is 5.92 Å². The van der Waals surface area contributed by atoms with Crippen LogP contribution in [0.25, 0.3) is 0 Å². The number of rotatable bonds is 9. The third kappa shape index (κ3) is 5.97. The predicted octanol–water partition coefficient (Wildman–Crippen LogP) is 3.62. The van der Waals surface area contributed by atoms with Crippen molar-refractivity contribution in [3.8, 4) is 11.5 Å². The number of hydrogen-bond acceptors (Lipinski definition) is 3. The minimum absolute atomic E-state index is 0.655. The van der Waals surface area contributed by atoms with E-state index in [0.717, 1.165) is 37.6 Å². The molecule has 0 bridgehead atoms. The summed E-state index contributed by atoms with van der Waals surface area (Å²) in [6, 6.07) is 6.10. The van der Waals surface area contributed by atoms with Crippen LogP contribution in [0.5, 0.6) is 11.5 Å². The predicted molar refractivity (Wildman–Crippen MR) is 79.9 cm³/mol. The standard InChI is InChI=1S/C16H27NO2/c1-5-9-19-15-8-7-14(12-17-11-13(3)4)16(10-15)18-6-2/h7-8,10,13,17H,5-6,9,11-12H2,1-4H3. The summed E-state index contributed by atoms with van der Waals surface area (Å²) >= 11 is 0. The Kier molecular flexibility index (Phi) is 7.34. The maximum atomic E-state index is 5.70. The van der Waals surface area contributed by atoms with Gasteiger partial charge in [0.05, 0.1) is 13.2 Å². The van der Waals surface area contributed by atoms with E-state index in [4.69, 9.17) is 9.47 Å². The van der Waals surface area contributed by atoms with Gasteiger partial charge in [-0.2, -0.15) is 0 Å². The van der Waals surface area contributed by atoms with Gasteiger partial charge < -0.3 is 14.8 Å². The molecule has 0 unspecified atom stereocenters. The monoisotopic (exact) mass is 265 g/mol. The summed E-state index contributed by atoms with van der Waals surface area (Å²) in [7, 11) is 0.